The quantitative estimate of drug-likeness (QED) is 0.467. The van der Waals surface area contributed by atoms with Crippen LogP contribution < -0.4 is 0 Å². The van der Waals surface area contributed by atoms with E-state index in [0.29, 0.717) is 5.76 Å². The fraction of sp³-hybridized carbons (Fsp3) is 0.444. The van der Waals surface area contributed by atoms with Gasteiger partial charge in [-0.05, 0) is 13.0 Å². The highest BCUT2D eigenvalue weighted by Crippen LogP contribution is 1.95. The Morgan fingerprint density at radius 2 is 2.17 bits per heavy atom. The van der Waals surface area contributed by atoms with Gasteiger partial charge in [0.1, 0.15) is 0 Å². The van der Waals surface area contributed by atoms with Gasteiger partial charge in [0.25, 0.3) is 5.91 Å². The van der Waals surface area contributed by atoms with Gasteiger partial charge in [0.2, 0.25) is 0 Å². The molecule has 0 aromatic heterocycles. The van der Waals surface area contributed by atoms with Gasteiger partial charge in [0.15, 0.2) is 6.61 Å². The van der Waals surface area contributed by atoms with Crippen LogP contribution in [0.4, 0.5) is 0 Å². The molecule has 0 atom stereocenters. The maximum Gasteiger partial charge on any atom is 0.259 e. The molecule has 0 spiro atoms. The van der Waals surface area contributed by atoms with Crippen LogP contribution in [0.15, 0.2) is 24.5 Å². The molecule has 12 heavy (non-hydrogen) atoms. The van der Waals surface area contributed by atoms with E-state index in [9.17, 15) is 4.79 Å². The predicted octanol–water partition coefficient (Wildman–Crippen LogP) is 1.18. The van der Waals surface area contributed by atoms with Crippen molar-refractivity contribution in [2.75, 3.05) is 20.7 Å². The van der Waals surface area contributed by atoms with E-state index in [1.165, 1.54) is 4.90 Å². The Kier molecular flexibility index (Phi) is 4.84. The first-order valence-corrected chi connectivity index (χ1v) is 3.70. The molecule has 0 aliphatic rings. The summed E-state index contributed by atoms with van der Waals surface area (Å²) in [5.41, 5.74) is 0. The fourth-order valence-electron chi connectivity index (χ4n) is 0.519. The van der Waals surface area contributed by atoms with Crippen LogP contribution in [0.1, 0.15) is 6.92 Å². The Balaban J connectivity index is 3.76. The monoisotopic (exact) mass is 169 g/mol. The molecular formula is C9H15NO2. The predicted molar refractivity (Wildman–Crippen MR) is 48.6 cm³/mol. The zero-order valence-electron chi connectivity index (χ0n) is 7.83. The van der Waals surface area contributed by atoms with E-state index in [4.69, 9.17) is 4.74 Å². The Morgan fingerprint density at radius 1 is 1.58 bits per heavy atom. The van der Waals surface area contributed by atoms with E-state index in [2.05, 4.69) is 6.58 Å². The van der Waals surface area contributed by atoms with Crippen LogP contribution >= 0.6 is 0 Å². The van der Waals surface area contributed by atoms with Gasteiger partial charge in [0, 0.05) is 14.1 Å². The van der Waals surface area contributed by atoms with E-state index >= 15 is 0 Å². The molecule has 0 saturated carbocycles. The number of carbonyl (C=O) groups excluding carboxylic acids is 1. The summed E-state index contributed by atoms with van der Waals surface area (Å²) in [4.78, 5) is 12.5. The molecule has 0 N–H and O–H groups in total. The largest absolute Gasteiger partial charge is 0.488 e. The molecular weight excluding hydrogens is 154 g/mol. The summed E-state index contributed by atoms with van der Waals surface area (Å²) in [6.45, 7) is 5.38. The molecule has 0 aromatic carbocycles. The number of rotatable bonds is 4. The van der Waals surface area contributed by atoms with Crippen molar-refractivity contribution >= 4 is 5.91 Å². The summed E-state index contributed by atoms with van der Waals surface area (Å²) >= 11 is 0. The van der Waals surface area contributed by atoms with Gasteiger partial charge in [-0.25, -0.2) is 0 Å². The van der Waals surface area contributed by atoms with Gasteiger partial charge >= 0.3 is 0 Å². The SMILES string of the molecule is C=CC=C(C)OCC(=O)N(C)C. The molecule has 1 amide bonds. The van der Waals surface area contributed by atoms with Gasteiger partial charge in [-0.3, -0.25) is 4.79 Å². The minimum atomic E-state index is -0.0492. The number of nitrogens with zero attached hydrogens (tertiary/aromatic N) is 1. The van der Waals surface area contributed by atoms with Crippen molar-refractivity contribution in [3.8, 4) is 0 Å². The molecule has 0 bridgehead atoms. The average Bonchev–Trinajstić information content (AvgIpc) is 2.00. The normalized spacial score (nSPS) is 10.8. The van der Waals surface area contributed by atoms with Gasteiger partial charge in [-0.1, -0.05) is 12.7 Å². The van der Waals surface area contributed by atoms with E-state index in [1.807, 2.05) is 0 Å². The molecule has 0 aliphatic carbocycles. The molecule has 3 heteroatoms. The van der Waals surface area contributed by atoms with E-state index in [-0.39, 0.29) is 12.5 Å². The third-order valence-electron chi connectivity index (χ3n) is 1.27. The van der Waals surface area contributed by atoms with Crippen molar-refractivity contribution in [3.05, 3.63) is 24.5 Å². The van der Waals surface area contributed by atoms with Crippen LogP contribution in [0, 0.1) is 0 Å². The third-order valence-corrected chi connectivity index (χ3v) is 1.27. The van der Waals surface area contributed by atoms with Crippen LogP contribution in [0.2, 0.25) is 0 Å². The summed E-state index contributed by atoms with van der Waals surface area (Å²) in [6, 6.07) is 0. The summed E-state index contributed by atoms with van der Waals surface area (Å²) in [5.74, 6) is 0.645. The zero-order chi connectivity index (χ0) is 9.56. The fourth-order valence-corrected chi connectivity index (χ4v) is 0.519. The first-order valence-electron chi connectivity index (χ1n) is 3.70. The third kappa shape index (κ3) is 4.55. The smallest absolute Gasteiger partial charge is 0.259 e. The van der Waals surface area contributed by atoms with Gasteiger partial charge in [0.05, 0.1) is 5.76 Å². The highest BCUT2D eigenvalue weighted by atomic mass is 16.5. The van der Waals surface area contributed by atoms with Gasteiger partial charge < -0.3 is 9.64 Å². The first-order chi connectivity index (χ1) is 5.57. The summed E-state index contributed by atoms with van der Waals surface area (Å²) in [7, 11) is 3.39. The van der Waals surface area contributed by atoms with Crippen molar-refractivity contribution < 1.29 is 9.53 Å². The second-order valence-corrected chi connectivity index (χ2v) is 2.59. The maximum atomic E-state index is 11.0. The number of amides is 1. The van der Waals surface area contributed by atoms with E-state index in [0.717, 1.165) is 0 Å². The maximum absolute atomic E-state index is 11.0. The molecule has 68 valence electrons. The average molecular weight is 169 g/mol. The number of hydrogen-bond acceptors (Lipinski definition) is 2. The zero-order valence-corrected chi connectivity index (χ0v) is 7.83. The van der Waals surface area contributed by atoms with Crippen LogP contribution in [0.25, 0.3) is 0 Å². The topological polar surface area (TPSA) is 29.5 Å². The number of likely N-dealkylation sites (N-methyl/N-ethyl adjacent to an activating group) is 1. The Hall–Kier alpha value is -1.25. The van der Waals surface area contributed by atoms with Crippen molar-refractivity contribution in [1.29, 1.82) is 0 Å². The molecule has 0 unspecified atom stereocenters. The highest BCUT2D eigenvalue weighted by molar-refractivity contribution is 5.76. The Bertz CT molecular complexity index is 195. The molecule has 0 radical (unpaired) electrons. The Labute approximate surface area is 73.3 Å². The van der Waals surface area contributed by atoms with Crippen molar-refractivity contribution in [2.45, 2.75) is 6.92 Å². The minimum Gasteiger partial charge on any atom is -0.488 e. The van der Waals surface area contributed by atoms with Crippen molar-refractivity contribution in [2.24, 2.45) is 0 Å². The summed E-state index contributed by atoms with van der Waals surface area (Å²) < 4.78 is 5.10. The standard InChI is InChI=1S/C9H15NO2/c1-5-6-8(2)12-7-9(11)10(3)4/h5-6H,1,7H2,2-4H3. The lowest BCUT2D eigenvalue weighted by atomic mass is 10.5. The van der Waals surface area contributed by atoms with Crippen LogP contribution in [0.3, 0.4) is 0 Å². The van der Waals surface area contributed by atoms with Gasteiger partial charge in [-0.15, -0.1) is 0 Å². The number of carbonyl (C=O) groups is 1. The first kappa shape index (κ1) is 10.8. The second-order valence-electron chi connectivity index (χ2n) is 2.59. The van der Waals surface area contributed by atoms with Crippen LogP contribution in [-0.4, -0.2) is 31.5 Å². The number of hydrogen-bond donors (Lipinski definition) is 0. The molecule has 0 aromatic rings. The lowest BCUT2D eigenvalue weighted by Crippen LogP contribution is -2.25. The van der Waals surface area contributed by atoms with E-state index < -0.39 is 0 Å². The van der Waals surface area contributed by atoms with Crippen molar-refractivity contribution in [1.82, 2.24) is 4.90 Å². The number of allylic oxidation sites excluding steroid dienone is 3. The molecule has 0 heterocycles. The number of ether oxygens (including phenoxy) is 1. The molecule has 0 saturated heterocycles. The van der Waals surface area contributed by atoms with E-state index in [1.54, 1.807) is 33.2 Å². The molecule has 3 nitrogen and oxygen atoms in total. The summed E-state index contributed by atoms with van der Waals surface area (Å²) in [5, 5.41) is 0. The second kappa shape index (κ2) is 5.41. The van der Waals surface area contributed by atoms with Gasteiger partial charge in [-0.2, -0.15) is 0 Å². The lowest BCUT2D eigenvalue weighted by molar-refractivity contribution is -0.132. The molecule has 0 rings (SSSR count). The highest BCUT2D eigenvalue weighted by Gasteiger charge is 2.03. The Morgan fingerprint density at radius 3 is 2.58 bits per heavy atom. The minimum absolute atomic E-state index is 0.0492. The summed E-state index contributed by atoms with van der Waals surface area (Å²) in [6.07, 6.45) is 3.33. The van der Waals surface area contributed by atoms with Crippen LogP contribution in [-0.2, 0) is 9.53 Å². The molecule has 0 fully saturated rings. The van der Waals surface area contributed by atoms with Crippen molar-refractivity contribution in [3.63, 3.8) is 0 Å². The van der Waals surface area contributed by atoms with Crippen LogP contribution in [0.5, 0.6) is 0 Å². The molecule has 0 aliphatic heterocycles. The lowest BCUT2D eigenvalue weighted by Gasteiger charge is -2.10.